The molecule has 2 fully saturated rings. The number of hydrogen-bond donors (Lipinski definition) is 1. The third kappa shape index (κ3) is 5.76. The Hall–Kier alpha value is -1.60. The van der Waals surface area contributed by atoms with E-state index in [0.717, 1.165) is 25.0 Å². The van der Waals surface area contributed by atoms with Crippen molar-refractivity contribution in [3.63, 3.8) is 0 Å². The summed E-state index contributed by atoms with van der Waals surface area (Å²) >= 11 is 0. The Kier molecular flexibility index (Phi) is 7.45. The molecular weight excluding hydrogens is 396 g/mol. The molecule has 0 aliphatic carbocycles. The van der Waals surface area contributed by atoms with Crippen molar-refractivity contribution in [1.29, 1.82) is 0 Å². The van der Waals surface area contributed by atoms with Gasteiger partial charge in [0.1, 0.15) is 0 Å². The number of aliphatic imine (C=N–C) groups is 1. The van der Waals surface area contributed by atoms with Crippen LogP contribution in [0.2, 0.25) is 0 Å². The van der Waals surface area contributed by atoms with Crippen molar-refractivity contribution in [3.05, 3.63) is 35.4 Å². The van der Waals surface area contributed by atoms with Gasteiger partial charge in [0.05, 0.1) is 17.0 Å². The van der Waals surface area contributed by atoms with Crippen molar-refractivity contribution in [2.24, 2.45) is 10.9 Å². The van der Waals surface area contributed by atoms with E-state index in [-0.39, 0.29) is 5.75 Å². The molecule has 0 radical (unpaired) electrons. The van der Waals surface area contributed by atoms with Gasteiger partial charge >= 0.3 is 0 Å². The number of nitrogens with zero attached hydrogens (tertiary/aromatic N) is 3. The number of rotatable bonds is 5. The Balaban J connectivity index is 1.66. The molecule has 1 aromatic carbocycles. The minimum atomic E-state index is -3.06. The summed E-state index contributed by atoms with van der Waals surface area (Å²) in [6, 6.07) is 8.71. The molecule has 0 unspecified atom stereocenters. The van der Waals surface area contributed by atoms with Gasteiger partial charge in [-0.3, -0.25) is 4.90 Å². The van der Waals surface area contributed by atoms with Gasteiger partial charge in [-0.15, -0.1) is 0 Å². The summed E-state index contributed by atoms with van der Waals surface area (Å²) in [6.45, 7) is 13.7. The molecule has 2 saturated heterocycles. The minimum absolute atomic E-state index is 0.175. The van der Waals surface area contributed by atoms with E-state index in [4.69, 9.17) is 4.99 Å². The Bertz CT molecular complexity index is 843. The second-order valence-corrected chi connectivity index (χ2v) is 12.2. The van der Waals surface area contributed by atoms with Crippen molar-refractivity contribution in [3.8, 4) is 0 Å². The standard InChI is InChI=1S/C23H38N4O2S/c1-5-24-22(27-13-14-30(28,29)23(3,4)18-27)25-16-20-7-6-8-21(15-20)17-26-11-9-19(2)10-12-26/h6-8,15,19H,5,9-14,16-18H2,1-4H3,(H,24,25). The van der Waals surface area contributed by atoms with E-state index in [1.807, 2.05) is 20.8 Å². The zero-order chi connectivity index (χ0) is 21.8. The zero-order valence-corrected chi connectivity index (χ0v) is 19.8. The average Bonchev–Trinajstić information content (AvgIpc) is 2.69. The van der Waals surface area contributed by atoms with Crippen LogP contribution in [0.4, 0.5) is 0 Å². The molecule has 0 bridgehead atoms. The lowest BCUT2D eigenvalue weighted by atomic mass is 9.98. The van der Waals surface area contributed by atoms with Crippen molar-refractivity contribution < 1.29 is 8.42 Å². The molecule has 0 saturated carbocycles. The predicted octanol–water partition coefficient (Wildman–Crippen LogP) is 2.89. The predicted molar refractivity (Wildman–Crippen MR) is 124 cm³/mol. The van der Waals surface area contributed by atoms with Gasteiger partial charge in [-0.25, -0.2) is 13.4 Å². The topological polar surface area (TPSA) is 65.0 Å². The van der Waals surface area contributed by atoms with Gasteiger partial charge in [0, 0.05) is 26.2 Å². The van der Waals surface area contributed by atoms with Crippen molar-refractivity contribution in [1.82, 2.24) is 15.1 Å². The van der Waals surface area contributed by atoms with Gasteiger partial charge in [0.15, 0.2) is 15.8 Å². The normalized spacial score (nSPS) is 22.8. The highest BCUT2D eigenvalue weighted by Gasteiger charge is 2.40. The molecule has 0 amide bonds. The van der Waals surface area contributed by atoms with Gasteiger partial charge in [0.25, 0.3) is 0 Å². The summed E-state index contributed by atoms with van der Waals surface area (Å²) in [5, 5.41) is 3.34. The molecule has 30 heavy (non-hydrogen) atoms. The van der Waals surface area contributed by atoms with E-state index in [9.17, 15) is 8.42 Å². The van der Waals surface area contributed by atoms with Gasteiger partial charge < -0.3 is 10.2 Å². The smallest absolute Gasteiger partial charge is 0.194 e. The molecule has 2 heterocycles. The summed E-state index contributed by atoms with van der Waals surface area (Å²) < 4.78 is 23.9. The highest BCUT2D eigenvalue weighted by atomic mass is 32.2. The average molecular weight is 435 g/mol. The molecule has 2 aliphatic rings. The molecule has 7 heteroatoms. The SMILES string of the molecule is CCNC(=NCc1cccc(CN2CCC(C)CC2)c1)N1CCS(=O)(=O)C(C)(C)C1. The first-order valence-electron chi connectivity index (χ1n) is 11.3. The van der Waals surface area contributed by atoms with Gasteiger partial charge in [-0.05, 0) is 63.7 Å². The van der Waals surface area contributed by atoms with Crippen LogP contribution in [0.25, 0.3) is 0 Å². The monoisotopic (exact) mass is 434 g/mol. The molecule has 3 rings (SSSR count). The fourth-order valence-corrected chi connectivity index (χ4v) is 5.59. The molecule has 2 aliphatic heterocycles. The number of piperidine rings is 1. The van der Waals surface area contributed by atoms with E-state index in [1.54, 1.807) is 0 Å². The lowest BCUT2D eigenvalue weighted by Crippen LogP contribution is -2.57. The maximum atomic E-state index is 12.3. The van der Waals surface area contributed by atoms with Gasteiger partial charge in [-0.2, -0.15) is 0 Å². The molecule has 6 nitrogen and oxygen atoms in total. The van der Waals surface area contributed by atoms with Crippen LogP contribution in [0.1, 0.15) is 51.7 Å². The number of nitrogens with one attached hydrogen (secondary N) is 1. The lowest BCUT2D eigenvalue weighted by molar-refractivity contribution is 0.185. The molecule has 0 spiro atoms. The van der Waals surface area contributed by atoms with E-state index in [1.165, 1.54) is 37.1 Å². The minimum Gasteiger partial charge on any atom is -0.357 e. The Labute approximate surface area is 182 Å². The Morgan fingerprint density at radius 2 is 1.90 bits per heavy atom. The second kappa shape index (κ2) is 9.69. The van der Waals surface area contributed by atoms with Crippen LogP contribution in [-0.2, 0) is 22.9 Å². The van der Waals surface area contributed by atoms with E-state index in [0.29, 0.717) is 19.6 Å². The summed E-state index contributed by atoms with van der Waals surface area (Å²) in [7, 11) is -3.06. The van der Waals surface area contributed by atoms with E-state index >= 15 is 0 Å². The third-order valence-corrected chi connectivity index (χ3v) is 8.90. The van der Waals surface area contributed by atoms with Crippen LogP contribution in [-0.4, -0.2) is 67.4 Å². The van der Waals surface area contributed by atoms with Crippen LogP contribution in [0.3, 0.4) is 0 Å². The summed E-state index contributed by atoms with van der Waals surface area (Å²) in [4.78, 5) is 9.47. The summed E-state index contributed by atoms with van der Waals surface area (Å²) in [5.74, 6) is 1.83. The first-order valence-corrected chi connectivity index (χ1v) is 12.9. The van der Waals surface area contributed by atoms with Crippen molar-refractivity contribution in [2.45, 2.75) is 58.4 Å². The number of likely N-dealkylation sites (tertiary alicyclic amines) is 1. The van der Waals surface area contributed by atoms with Gasteiger partial charge in [0.2, 0.25) is 0 Å². The molecule has 0 aromatic heterocycles. The van der Waals surface area contributed by atoms with Gasteiger partial charge in [-0.1, -0.05) is 31.2 Å². The molecule has 0 atom stereocenters. The van der Waals surface area contributed by atoms with E-state index < -0.39 is 14.6 Å². The van der Waals surface area contributed by atoms with Crippen molar-refractivity contribution >= 4 is 15.8 Å². The largest absolute Gasteiger partial charge is 0.357 e. The highest BCUT2D eigenvalue weighted by Crippen LogP contribution is 2.24. The zero-order valence-electron chi connectivity index (χ0n) is 19.0. The second-order valence-electron chi connectivity index (χ2n) is 9.45. The van der Waals surface area contributed by atoms with Crippen LogP contribution in [0.5, 0.6) is 0 Å². The third-order valence-electron chi connectivity index (χ3n) is 6.36. The first-order chi connectivity index (χ1) is 14.2. The Morgan fingerprint density at radius 1 is 1.20 bits per heavy atom. The quantitative estimate of drug-likeness (QED) is 0.570. The fourth-order valence-electron chi connectivity index (χ4n) is 4.22. The Morgan fingerprint density at radius 3 is 2.57 bits per heavy atom. The van der Waals surface area contributed by atoms with Crippen LogP contribution < -0.4 is 5.32 Å². The van der Waals surface area contributed by atoms with Crippen molar-refractivity contribution in [2.75, 3.05) is 38.5 Å². The highest BCUT2D eigenvalue weighted by molar-refractivity contribution is 7.92. The maximum absolute atomic E-state index is 12.3. The number of benzene rings is 1. The molecule has 1 aromatic rings. The van der Waals surface area contributed by atoms with E-state index in [2.05, 4.69) is 46.3 Å². The summed E-state index contributed by atoms with van der Waals surface area (Å²) in [6.07, 6.45) is 2.58. The maximum Gasteiger partial charge on any atom is 0.194 e. The fraction of sp³-hybridized carbons (Fsp3) is 0.696. The van der Waals surface area contributed by atoms with Crippen LogP contribution >= 0.6 is 0 Å². The first kappa shape index (κ1) is 23.1. The number of hydrogen-bond acceptors (Lipinski definition) is 4. The molecular formula is C23H38N4O2S. The van der Waals surface area contributed by atoms with Crippen LogP contribution in [0, 0.1) is 5.92 Å². The molecule has 168 valence electrons. The van der Waals surface area contributed by atoms with Crippen LogP contribution in [0.15, 0.2) is 29.3 Å². The number of guanidine groups is 1. The number of sulfone groups is 1. The molecule has 1 N–H and O–H groups in total. The summed E-state index contributed by atoms with van der Waals surface area (Å²) in [5.41, 5.74) is 2.53. The lowest BCUT2D eigenvalue weighted by Gasteiger charge is -2.39.